The molecule has 0 saturated carbocycles. The molecule has 0 aliphatic heterocycles. The quantitative estimate of drug-likeness (QED) is 0.237. The average molecular weight is 530 g/mol. The molecule has 1 N–H and O–H groups in total. The normalized spacial score (nSPS) is 10.8. The molecule has 0 saturated heterocycles. The number of carbonyl (C=O) groups excluding carboxylic acids is 1. The van der Waals surface area contributed by atoms with Gasteiger partial charge >= 0.3 is 5.97 Å². The minimum atomic E-state index is -0.452. The molecule has 35 heavy (non-hydrogen) atoms. The van der Waals surface area contributed by atoms with Gasteiger partial charge in [-0.1, -0.05) is 64.5 Å². The second-order valence-electron chi connectivity index (χ2n) is 7.60. The molecule has 0 unspecified atom stereocenters. The molecule has 0 fully saturated rings. The van der Waals surface area contributed by atoms with E-state index in [1.54, 1.807) is 12.1 Å². The third-order valence-corrected chi connectivity index (χ3v) is 5.87. The van der Waals surface area contributed by atoms with Gasteiger partial charge in [-0.25, -0.2) is 14.8 Å². The summed E-state index contributed by atoms with van der Waals surface area (Å²) >= 11 is 3.49. The summed E-state index contributed by atoms with van der Waals surface area (Å²) in [4.78, 5) is 20.4. The van der Waals surface area contributed by atoms with Gasteiger partial charge in [0.25, 0.3) is 0 Å². The minimum Gasteiger partial charge on any atom is -0.482 e. The van der Waals surface area contributed by atoms with Gasteiger partial charge in [0, 0.05) is 27.4 Å². The summed E-state index contributed by atoms with van der Waals surface area (Å²) in [5, 5.41) is 4.12. The van der Waals surface area contributed by atoms with Gasteiger partial charge in [-0.3, -0.25) is 0 Å². The summed E-state index contributed by atoms with van der Waals surface area (Å²) in [5.41, 5.74) is 4.01. The van der Waals surface area contributed by atoms with Crippen LogP contribution in [0.3, 0.4) is 0 Å². The van der Waals surface area contributed by atoms with E-state index >= 15 is 0 Å². The monoisotopic (exact) mass is 529 g/mol. The molecule has 0 bridgehead atoms. The van der Waals surface area contributed by atoms with Gasteiger partial charge < -0.3 is 19.2 Å². The van der Waals surface area contributed by atoms with Crippen LogP contribution in [0, 0.1) is 0 Å². The molecule has 0 aliphatic rings. The molecule has 2 heterocycles. The van der Waals surface area contributed by atoms with E-state index < -0.39 is 5.97 Å². The fourth-order valence-corrected chi connectivity index (χ4v) is 3.98. The van der Waals surface area contributed by atoms with Crippen molar-refractivity contribution in [1.82, 2.24) is 9.97 Å². The van der Waals surface area contributed by atoms with Crippen molar-refractivity contribution < 1.29 is 18.7 Å². The molecule has 3 aromatic carbocycles. The van der Waals surface area contributed by atoms with Gasteiger partial charge in [0.15, 0.2) is 6.61 Å². The Balaban J connectivity index is 1.60. The Morgan fingerprint density at radius 1 is 0.971 bits per heavy atom. The number of carbonyl (C=O) groups is 1. The molecule has 0 spiro atoms. The number of hydrogen-bond acceptors (Lipinski definition) is 7. The molecule has 0 radical (unpaired) electrons. The minimum absolute atomic E-state index is 0.172. The zero-order chi connectivity index (χ0) is 24.2. The Bertz CT molecular complexity index is 1480. The molecule has 8 heteroatoms. The van der Waals surface area contributed by atoms with Gasteiger partial charge in [0.1, 0.15) is 23.7 Å². The second-order valence-corrected chi connectivity index (χ2v) is 8.51. The van der Waals surface area contributed by atoms with E-state index in [0.717, 1.165) is 32.2 Å². The van der Waals surface area contributed by atoms with Crippen LogP contribution in [0.5, 0.6) is 5.75 Å². The molecule has 5 rings (SSSR count). The largest absolute Gasteiger partial charge is 0.482 e. The van der Waals surface area contributed by atoms with Crippen molar-refractivity contribution in [3.63, 3.8) is 0 Å². The Kier molecular flexibility index (Phi) is 6.45. The lowest BCUT2D eigenvalue weighted by molar-refractivity contribution is -0.142. The first-order chi connectivity index (χ1) is 17.1. The van der Waals surface area contributed by atoms with Crippen molar-refractivity contribution >= 4 is 44.5 Å². The first-order valence-corrected chi connectivity index (χ1v) is 11.6. The van der Waals surface area contributed by atoms with E-state index in [1.807, 2.05) is 66.7 Å². The average Bonchev–Trinajstić information content (AvgIpc) is 3.29. The van der Waals surface area contributed by atoms with Crippen molar-refractivity contribution in [2.24, 2.45) is 0 Å². The number of nitrogens with one attached hydrogen (secondary N) is 1. The van der Waals surface area contributed by atoms with E-state index in [0.29, 0.717) is 23.0 Å². The lowest BCUT2D eigenvalue weighted by Crippen LogP contribution is -2.12. The number of halogens is 1. The molecule has 2 aromatic heterocycles. The fourth-order valence-electron chi connectivity index (χ4n) is 3.71. The summed E-state index contributed by atoms with van der Waals surface area (Å²) in [6.45, 7) is -0.172. The van der Waals surface area contributed by atoms with Crippen LogP contribution >= 0.6 is 15.9 Å². The van der Waals surface area contributed by atoms with Crippen LogP contribution in [0.4, 0.5) is 11.5 Å². The van der Waals surface area contributed by atoms with Crippen LogP contribution in [-0.2, 0) is 9.53 Å². The second kappa shape index (κ2) is 9.99. The first kappa shape index (κ1) is 22.6. The van der Waals surface area contributed by atoms with E-state index in [4.69, 9.17) is 9.15 Å². The third-order valence-electron chi connectivity index (χ3n) is 5.34. The molecule has 0 amide bonds. The highest BCUT2D eigenvalue weighted by atomic mass is 79.9. The maximum absolute atomic E-state index is 11.4. The number of rotatable bonds is 7. The van der Waals surface area contributed by atoms with Crippen molar-refractivity contribution in [1.29, 1.82) is 0 Å². The van der Waals surface area contributed by atoms with Gasteiger partial charge in [0.2, 0.25) is 5.71 Å². The number of fused-ring (bicyclic) bond motifs is 1. The van der Waals surface area contributed by atoms with Crippen LogP contribution in [0.15, 0.2) is 94.1 Å². The van der Waals surface area contributed by atoms with Crippen LogP contribution in [0.2, 0.25) is 0 Å². The van der Waals surface area contributed by atoms with Crippen molar-refractivity contribution in [2.45, 2.75) is 0 Å². The Hall–Kier alpha value is -4.17. The summed E-state index contributed by atoms with van der Waals surface area (Å²) in [6, 6.07) is 25.2. The number of benzene rings is 3. The standard InChI is InChI=1S/C27H20BrN3O4/c1-33-22(32)15-34-21-9-5-8-20(14-21)31-26-24-23(17-6-3-2-4-7-17)25(35-27(24)30-16-29-26)18-10-12-19(28)13-11-18/h2-14,16H,15H2,1H3,(H,29,30,31). The number of anilines is 2. The number of furan rings is 1. The molecule has 5 aromatic rings. The Labute approximate surface area is 209 Å². The molecular formula is C27H20BrN3O4. The van der Waals surface area contributed by atoms with E-state index in [2.05, 4.69) is 36.0 Å². The summed E-state index contributed by atoms with van der Waals surface area (Å²) in [6.07, 6.45) is 1.46. The van der Waals surface area contributed by atoms with Crippen molar-refractivity contribution in [2.75, 3.05) is 19.0 Å². The molecule has 174 valence electrons. The first-order valence-electron chi connectivity index (χ1n) is 10.8. The Morgan fingerprint density at radius 3 is 2.54 bits per heavy atom. The van der Waals surface area contributed by atoms with E-state index in [9.17, 15) is 4.79 Å². The molecule has 0 aliphatic carbocycles. The fraction of sp³-hybridized carbons (Fsp3) is 0.0741. The Morgan fingerprint density at radius 2 is 1.77 bits per heavy atom. The number of aromatic nitrogens is 2. The molecule has 0 atom stereocenters. The van der Waals surface area contributed by atoms with E-state index in [1.165, 1.54) is 13.4 Å². The van der Waals surface area contributed by atoms with Crippen LogP contribution in [0.25, 0.3) is 33.6 Å². The van der Waals surface area contributed by atoms with E-state index in [-0.39, 0.29) is 6.61 Å². The zero-order valence-corrected chi connectivity index (χ0v) is 20.3. The number of ether oxygens (including phenoxy) is 2. The van der Waals surface area contributed by atoms with Crippen LogP contribution in [-0.4, -0.2) is 29.7 Å². The highest BCUT2D eigenvalue weighted by Crippen LogP contribution is 2.43. The molecule has 7 nitrogen and oxygen atoms in total. The summed E-state index contributed by atoms with van der Waals surface area (Å²) < 4.78 is 17.4. The van der Waals surface area contributed by atoms with Crippen molar-refractivity contribution in [3.05, 3.63) is 89.7 Å². The SMILES string of the molecule is COC(=O)COc1cccc(Nc2ncnc3oc(-c4ccc(Br)cc4)c(-c4ccccc4)c23)c1. The summed E-state index contributed by atoms with van der Waals surface area (Å²) in [7, 11) is 1.32. The maximum atomic E-state index is 11.4. The number of esters is 1. The van der Waals surface area contributed by atoms with Crippen LogP contribution in [0.1, 0.15) is 0 Å². The lowest BCUT2D eigenvalue weighted by Gasteiger charge is -2.10. The maximum Gasteiger partial charge on any atom is 0.343 e. The van der Waals surface area contributed by atoms with Crippen molar-refractivity contribution in [3.8, 4) is 28.2 Å². The van der Waals surface area contributed by atoms with Crippen LogP contribution < -0.4 is 10.1 Å². The highest BCUT2D eigenvalue weighted by Gasteiger charge is 2.22. The highest BCUT2D eigenvalue weighted by molar-refractivity contribution is 9.10. The van der Waals surface area contributed by atoms with Gasteiger partial charge in [-0.2, -0.15) is 0 Å². The lowest BCUT2D eigenvalue weighted by atomic mass is 9.99. The van der Waals surface area contributed by atoms with Gasteiger partial charge in [-0.15, -0.1) is 0 Å². The van der Waals surface area contributed by atoms with Gasteiger partial charge in [-0.05, 0) is 29.8 Å². The third kappa shape index (κ3) is 4.88. The summed E-state index contributed by atoms with van der Waals surface area (Å²) in [5.74, 6) is 1.37. The zero-order valence-electron chi connectivity index (χ0n) is 18.7. The number of hydrogen-bond donors (Lipinski definition) is 1. The number of nitrogens with zero attached hydrogens (tertiary/aromatic N) is 2. The predicted octanol–water partition coefficient (Wildman–Crippen LogP) is 6.61. The topological polar surface area (TPSA) is 86.5 Å². The van der Waals surface area contributed by atoms with Gasteiger partial charge in [0.05, 0.1) is 12.5 Å². The predicted molar refractivity (Wildman–Crippen MR) is 138 cm³/mol. The number of methoxy groups -OCH3 is 1. The molecular weight excluding hydrogens is 510 g/mol. The smallest absolute Gasteiger partial charge is 0.343 e.